The van der Waals surface area contributed by atoms with Gasteiger partial charge < -0.3 is 0 Å². The lowest BCUT2D eigenvalue weighted by Crippen LogP contribution is -1.82. The molecule has 0 aromatic heterocycles. The van der Waals surface area contributed by atoms with Gasteiger partial charge in [-0.2, -0.15) is 0 Å². The number of hydrogen-bond acceptors (Lipinski definition) is 0. The molecule has 0 spiro atoms. The van der Waals surface area contributed by atoms with E-state index < -0.39 is 0 Å². The lowest BCUT2D eigenvalue weighted by Gasteiger charge is -2.00. The molecule has 1 rings (SSSR count). The monoisotopic (exact) mass is 186 g/mol. The standard InChI is InChI=1S/C9H8Cl2/c1-2-4-7-5-3-6-8(10)9(7)11/h2-3,5-6H,1,4H2. The summed E-state index contributed by atoms with van der Waals surface area (Å²) in [5, 5.41) is 1.24. The third-order valence-electron chi connectivity index (χ3n) is 1.40. The zero-order chi connectivity index (χ0) is 8.27. The number of hydrogen-bond donors (Lipinski definition) is 0. The van der Waals surface area contributed by atoms with Crippen LogP contribution in [0.5, 0.6) is 0 Å². The topological polar surface area (TPSA) is 0 Å². The molecule has 0 N–H and O–H groups in total. The third-order valence-corrected chi connectivity index (χ3v) is 2.25. The fraction of sp³-hybridized carbons (Fsp3) is 0.111. The second-order valence-corrected chi connectivity index (χ2v) is 2.99. The van der Waals surface area contributed by atoms with Crippen molar-refractivity contribution in [3.8, 4) is 0 Å². The maximum atomic E-state index is 5.89. The maximum Gasteiger partial charge on any atom is 0.0627 e. The normalized spacial score (nSPS) is 9.64. The van der Waals surface area contributed by atoms with Crippen molar-refractivity contribution in [2.75, 3.05) is 0 Å². The molecular formula is C9H8Cl2. The van der Waals surface area contributed by atoms with E-state index in [1.165, 1.54) is 0 Å². The van der Waals surface area contributed by atoms with E-state index in [4.69, 9.17) is 23.2 Å². The summed E-state index contributed by atoms with van der Waals surface area (Å²) < 4.78 is 0. The molecule has 1 aromatic rings. The third kappa shape index (κ3) is 1.98. The molecule has 0 aliphatic carbocycles. The molecule has 0 fully saturated rings. The van der Waals surface area contributed by atoms with Gasteiger partial charge in [0, 0.05) is 0 Å². The van der Waals surface area contributed by atoms with Gasteiger partial charge in [-0.15, -0.1) is 6.58 Å². The lowest BCUT2D eigenvalue weighted by atomic mass is 10.1. The molecule has 0 atom stereocenters. The van der Waals surface area contributed by atoms with Gasteiger partial charge in [0.1, 0.15) is 0 Å². The van der Waals surface area contributed by atoms with E-state index in [1.807, 2.05) is 12.1 Å². The van der Waals surface area contributed by atoms with Gasteiger partial charge in [0.25, 0.3) is 0 Å². The van der Waals surface area contributed by atoms with Crippen LogP contribution in [0.3, 0.4) is 0 Å². The van der Waals surface area contributed by atoms with Gasteiger partial charge in [-0.25, -0.2) is 0 Å². The van der Waals surface area contributed by atoms with Gasteiger partial charge >= 0.3 is 0 Å². The van der Waals surface area contributed by atoms with Crippen molar-refractivity contribution in [3.63, 3.8) is 0 Å². The Morgan fingerprint density at radius 1 is 1.36 bits per heavy atom. The van der Waals surface area contributed by atoms with Crippen LogP contribution in [-0.2, 0) is 6.42 Å². The van der Waals surface area contributed by atoms with Crippen LogP contribution in [0, 0.1) is 0 Å². The minimum atomic E-state index is 0.603. The van der Waals surface area contributed by atoms with Gasteiger partial charge in [-0.05, 0) is 18.1 Å². The van der Waals surface area contributed by atoms with E-state index in [-0.39, 0.29) is 0 Å². The second kappa shape index (κ2) is 3.80. The largest absolute Gasteiger partial charge is 0.103 e. The summed E-state index contributed by atoms with van der Waals surface area (Å²) in [4.78, 5) is 0. The Morgan fingerprint density at radius 3 is 2.73 bits per heavy atom. The molecule has 0 radical (unpaired) electrons. The van der Waals surface area contributed by atoms with Crippen molar-refractivity contribution in [2.24, 2.45) is 0 Å². The highest BCUT2D eigenvalue weighted by molar-refractivity contribution is 6.42. The minimum absolute atomic E-state index is 0.603. The van der Waals surface area contributed by atoms with Crippen LogP contribution in [-0.4, -0.2) is 0 Å². The Labute approximate surface area is 76.4 Å². The predicted octanol–water partition coefficient (Wildman–Crippen LogP) is 3.72. The van der Waals surface area contributed by atoms with Crippen LogP contribution < -0.4 is 0 Å². The summed E-state index contributed by atoms with van der Waals surface area (Å²) in [7, 11) is 0. The Morgan fingerprint density at radius 2 is 2.09 bits per heavy atom. The first-order valence-electron chi connectivity index (χ1n) is 3.29. The molecular weight excluding hydrogens is 179 g/mol. The van der Waals surface area contributed by atoms with Gasteiger partial charge in [0.15, 0.2) is 0 Å². The molecule has 0 unspecified atom stereocenters. The SMILES string of the molecule is C=CCc1cccc(Cl)c1Cl. The van der Waals surface area contributed by atoms with Crippen LogP contribution in [0.25, 0.3) is 0 Å². The van der Waals surface area contributed by atoms with Crippen LogP contribution in [0.1, 0.15) is 5.56 Å². The van der Waals surface area contributed by atoms with Crippen molar-refractivity contribution >= 4 is 23.2 Å². The quantitative estimate of drug-likeness (QED) is 0.619. The fourth-order valence-electron chi connectivity index (χ4n) is 0.862. The van der Waals surface area contributed by atoms with Gasteiger partial charge in [-0.3, -0.25) is 0 Å². The molecule has 0 nitrogen and oxygen atoms in total. The van der Waals surface area contributed by atoms with Crippen molar-refractivity contribution in [1.82, 2.24) is 0 Å². The molecule has 11 heavy (non-hydrogen) atoms. The highest BCUT2D eigenvalue weighted by Crippen LogP contribution is 2.25. The summed E-state index contributed by atoms with van der Waals surface area (Å²) >= 11 is 11.7. The molecule has 0 amide bonds. The molecule has 0 aliphatic rings. The van der Waals surface area contributed by atoms with E-state index in [2.05, 4.69) is 6.58 Å². The molecule has 1 aromatic carbocycles. The predicted molar refractivity (Wildman–Crippen MR) is 50.4 cm³/mol. The van der Waals surface area contributed by atoms with Crippen molar-refractivity contribution in [3.05, 3.63) is 46.5 Å². The molecule has 0 bridgehead atoms. The van der Waals surface area contributed by atoms with Crippen LogP contribution in [0.4, 0.5) is 0 Å². The van der Waals surface area contributed by atoms with Gasteiger partial charge in [0.2, 0.25) is 0 Å². The zero-order valence-electron chi connectivity index (χ0n) is 5.98. The van der Waals surface area contributed by atoms with E-state index in [1.54, 1.807) is 12.1 Å². The van der Waals surface area contributed by atoms with Crippen LogP contribution >= 0.6 is 23.2 Å². The Bertz CT molecular complexity index is 266. The van der Waals surface area contributed by atoms with Crippen LogP contribution in [0.15, 0.2) is 30.9 Å². The van der Waals surface area contributed by atoms with Crippen LogP contribution in [0.2, 0.25) is 10.0 Å². The first-order valence-corrected chi connectivity index (χ1v) is 4.05. The smallest absolute Gasteiger partial charge is 0.0627 e. The van der Waals surface area contributed by atoms with E-state index in [0.717, 1.165) is 12.0 Å². The molecule has 0 heterocycles. The van der Waals surface area contributed by atoms with Gasteiger partial charge in [-0.1, -0.05) is 41.4 Å². The Kier molecular flexibility index (Phi) is 2.98. The molecule has 58 valence electrons. The average molecular weight is 187 g/mol. The Hall–Kier alpha value is -0.460. The maximum absolute atomic E-state index is 5.89. The average Bonchev–Trinajstić information content (AvgIpc) is 1.99. The van der Waals surface area contributed by atoms with Gasteiger partial charge in [0.05, 0.1) is 10.0 Å². The fourth-order valence-corrected chi connectivity index (χ4v) is 1.26. The summed E-state index contributed by atoms with van der Waals surface area (Å²) in [5.41, 5.74) is 1.02. The molecule has 2 heteroatoms. The van der Waals surface area contributed by atoms with Crippen molar-refractivity contribution < 1.29 is 0 Å². The first-order chi connectivity index (χ1) is 5.25. The number of benzene rings is 1. The number of rotatable bonds is 2. The summed E-state index contributed by atoms with van der Waals surface area (Å²) in [6.45, 7) is 3.63. The lowest BCUT2D eigenvalue weighted by molar-refractivity contribution is 1.28. The first kappa shape index (κ1) is 8.63. The van der Waals surface area contributed by atoms with Crippen molar-refractivity contribution in [2.45, 2.75) is 6.42 Å². The number of halogens is 2. The van der Waals surface area contributed by atoms with Crippen molar-refractivity contribution in [1.29, 1.82) is 0 Å². The molecule has 0 aliphatic heterocycles. The van der Waals surface area contributed by atoms with E-state index >= 15 is 0 Å². The summed E-state index contributed by atoms with van der Waals surface area (Å²) in [6, 6.07) is 5.60. The molecule has 0 saturated carbocycles. The highest BCUT2D eigenvalue weighted by atomic mass is 35.5. The highest BCUT2D eigenvalue weighted by Gasteiger charge is 2.00. The molecule has 0 saturated heterocycles. The van der Waals surface area contributed by atoms with E-state index in [9.17, 15) is 0 Å². The van der Waals surface area contributed by atoms with E-state index in [0.29, 0.717) is 10.0 Å². The number of allylic oxidation sites excluding steroid dienone is 1. The minimum Gasteiger partial charge on any atom is -0.103 e. The zero-order valence-corrected chi connectivity index (χ0v) is 7.49. The Balaban J connectivity index is 3.05. The second-order valence-electron chi connectivity index (χ2n) is 2.21. The summed E-state index contributed by atoms with van der Waals surface area (Å²) in [5.74, 6) is 0. The summed E-state index contributed by atoms with van der Waals surface area (Å²) in [6.07, 6.45) is 2.57.